The molecule has 4 aromatic rings. The fourth-order valence-corrected chi connectivity index (χ4v) is 5.49. The Balaban J connectivity index is 1.54. The molecule has 0 aliphatic carbocycles. The van der Waals surface area contributed by atoms with Crippen molar-refractivity contribution >= 4 is 12.1 Å². The van der Waals surface area contributed by atoms with Crippen LogP contribution in [0.15, 0.2) is 78.9 Å². The van der Waals surface area contributed by atoms with Gasteiger partial charge in [0, 0.05) is 5.56 Å². The molecule has 1 heterocycles. The number of hydrogen-bond donors (Lipinski definition) is 0. The van der Waals surface area contributed by atoms with Crippen LogP contribution in [-0.4, -0.2) is 30.1 Å². The SMILES string of the molecule is COC(=O)c1ccc(-c2cc(-c3ccc(C(F)(F)F)cc3CN3C(=O)O[C@H](c4cc(C(F)(F)F)cc(C(F)(F)F)c4)[C@@H]3C)ccc2F)cc1. The molecule has 1 amide bonds. The molecule has 2 atom stereocenters. The summed E-state index contributed by atoms with van der Waals surface area (Å²) in [6.07, 6.45) is -18.0. The average molecular weight is 700 g/mol. The van der Waals surface area contributed by atoms with Gasteiger partial charge in [-0.2, -0.15) is 39.5 Å². The molecule has 258 valence electrons. The van der Waals surface area contributed by atoms with E-state index in [0.29, 0.717) is 17.7 Å². The maximum absolute atomic E-state index is 15.0. The minimum Gasteiger partial charge on any atom is -0.465 e. The highest BCUT2D eigenvalue weighted by atomic mass is 19.4. The molecule has 0 N–H and O–H groups in total. The van der Waals surface area contributed by atoms with E-state index in [1.807, 2.05) is 0 Å². The molecule has 5 nitrogen and oxygen atoms in total. The molecule has 49 heavy (non-hydrogen) atoms. The standard InChI is InChI=1S/C34H23F10NO4/c1-17-29(21-11-24(33(39,40)41)15-25(12-21)34(42,43)44)49-31(47)45(17)16-22-13-23(32(36,37)38)8-9-26(22)20-7-10-28(35)27(14-20)18-3-5-19(6-4-18)30(46)48-2/h3-15,17,29H,16H2,1-2H3/t17-,29-/m0/s1. The summed E-state index contributed by atoms with van der Waals surface area (Å²) < 4.78 is 147. The molecular weight excluding hydrogens is 676 g/mol. The Morgan fingerprint density at radius 1 is 0.735 bits per heavy atom. The Bertz CT molecular complexity index is 1870. The van der Waals surface area contributed by atoms with Gasteiger partial charge in [-0.1, -0.05) is 24.3 Å². The fourth-order valence-electron chi connectivity index (χ4n) is 5.49. The van der Waals surface area contributed by atoms with E-state index in [0.717, 1.165) is 29.2 Å². The molecule has 0 radical (unpaired) electrons. The summed E-state index contributed by atoms with van der Waals surface area (Å²) in [5, 5.41) is 0. The highest BCUT2D eigenvalue weighted by Gasteiger charge is 2.43. The molecule has 1 fully saturated rings. The van der Waals surface area contributed by atoms with Crippen LogP contribution in [-0.2, 0) is 34.5 Å². The van der Waals surface area contributed by atoms with Crippen molar-refractivity contribution < 1.29 is 63.0 Å². The molecule has 4 aromatic carbocycles. The van der Waals surface area contributed by atoms with Crippen LogP contribution >= 0.6 is 0 Å². The monoisotopic (exact) mass is 699 g/mol. The van der Waals surface area contributed by atoms with Gasteiger partial charge >= 0.3 is 30.6 Å². The van der Waals surface area contributed by atoms with Crippen molar-refractivity contribution in [2.24, 2.45) is 0 Å². The van der Waals surface area contributed by atoms with E-state index < -0.39 is 77.4 Å². The quantitative estimate of drug-likeness (QED) is 0.149. The lowest BCUT2D eigenvalue weighted by molar-refractivity contribution is -0.143. The molecule has 0 aromatic heterocycles. The highest BCUT2D eigenvalue weighted by Crippen LogP contribution is 2.42. The second-order valence-electron chi connectivity index (χ2n) is 11.1. The lowest BCUT2D eigenvalue weighted by Crippen LogP contribution is -2.32. The van der Waals surface area contributed by atoms with Crippen molar-refractivity contribution in [1.82, 2.24) is 4.90 Å². The van der Waals surface area contributed by atoms with E-state index >= 15 is 4.39 Å². The molecule has 1 aliphatic rings. The summed E-state index contributed by atoms with van der Waals surface area (Å²) in [6.45, 7) is 0.658. The third kappa shape index (κ3) is 7.34. The number of ether oxygens (including phenoxy) is 2. The Morgan fingerprint density at radius 3 is 1.86 bits per heavy atom. The Morgan fingerprint density at radius 2 is 1.31 bits per heavy atom. The maximum atomic E-state index is 15.0. The van der Waals surface area contributed by atoms with Gasteiger partial charge in [-0.25, -0.2) is 14.0 Å². The number of benzene rings is 4. The molecule has 15 heteroatoms. The number of cyclic esters (lactones) is 1. The van der Waals surface area contributed by atoms with Gasteiger partial charge in [-0.05, 0) is 89.3 Å². The van der Waals surface area contributed by atoms with E-state index in [-0.39, 0.29) is 33.9 Å². The number of alkyl halides is 9. The average Bonchev–Trinajstić information content (AvgIpc) is 3.31. The second kappa shape index (κ2) is 12.7. The normalized spacial score (nSPS) is 16.9. The van der Waals surface area contributed by atoms with Gasteiger partial charge in [0.05, 0.1) is 42.0 Å². The lowest BCUT2D eigenvalue weighted by Gasteiger charge is -2.24. The number of halogens is 10. The van der Waals surface area contributed by atoms with E-state index in [1.165, 1.54) is 50.4 Å². The van der Waals surface area contributed by atoms with E-state index in [9.17, 15) is 49.1 Å². The first-order valence-electron chi connectivity index (χ1n) is 14.2. The summed E-state index contributed by atoms with van der Waals surface area (Å²) in [7, 11) is 1.18. The zero-order valence-corrected chi connectivity index (χ0v) is 25.2. The number of carbonyl (C=O) groups excluding carboxylic acids is 2. The van der Waals surface area contributed by atoms with Crippen molar-refractivity contribution in [1.29, 1.82) is 0 Å². The van der Waals surface area contributed by atoms with Crippen LogP contribution in [0.3, 0.4) is 0 Å². The van der Waals surface area contributed by atoms with E-state index in [2.05, 4.69) is 4.74 Å². The van der Waals surface area contributed by atoms with E-state index in [1.54, 1.807) is 0 Å². The van der Waals surface area contributed by atoms with Gasteiger partial charge in [0.25, 0.3) is 0 Å². The minimum atomic E-state index is -5.17. The highest BCUT2D eigenvalue weighted by molar-refractivity contribution is 5.90. The number of hydrogen-bond acceptors (Lipinski definition) is 4. The molecule has 0 saturated carbocycles. The summed E-state index contributed by atoms with van der Waals surface area (Å²) in [6, 6.07) is 11.4. The lowest BCUT2D eigenvalue weighted by atomic mass is 9.93. The largest absolute Gasteiger partial charge is 0.465 e. The van der Waals surface area contributed by atoms with Crippen LogP contribution < -0.4 is 0 Å². The van der Waals surface area contributed by atoms with Crippen molar-refractivity contribution in [3.63, 3.8) is 0 Å². The zero-order chi connectivity index (χ0) is 36.1. The molecule has 5 rings (SSSR count). The predicted molar refractivity (Wildman–Crippen MR) is 154 cm³/mol. The fraction of sp³-hybridized carbons (Fsp3) is 0.235. The first-order chi connectivity index (χ1) is 22.8. The van der Waals surface area contributed by atoms with Crippen molar-refractivity contribution in [2.45, 2.75) is 44.1 Å². The van der Waals surface area contributed by atoms with Crippen molar-refractivity contribution in [3.05, 3.63) is 118 Å². The molecule has 0 unspecified atom stereocenters. The first kappa shape index (κ1) is 35.2. The van der Waals surface area contributed by atoms with E-state index in [4.69, 9.17) is 4.74 Å². The minimum absolute atomic E-state index is 0.0128. The Labute approximate surface area is 271 Å². The van der Waals surface area contributed by atoms with Crippen molar-refractivity contribution in [2.75, 3.05) is 7.11 Å². The van der Waals surface area contributed by atoms with Crippen molar-refractivity contribution in [3.8, 4) is 22.3 Å². The topological polar surface area (TPSA) is 55.8 Å². The zero-order valence-electron chi connectivity index (χ0n) is 25.2. The van der Waals surface area contributed by atoms with Crippen LogP contribution in [0.5, 0.6) is 0 Å². The van der Waals surface area contributed by atoms with Crippen LogP contribution in [0.4, 0.5) is 48.7 Å². The van der Waals surface area contributed by atoms with Gasteiger partial charge in [0.15, 0.2) is 0 Å². The summed E-state index contributed by atoms with van der Waals surface area (Å²) in [5.74, 6) is -1.34. The number of rotatable bonds is 6. The molecule has 1 aliphatic heterocycles. The van der Waals surface area contributed by atoms with Crippen LogP contribution in [0, 0.1) is 5.82 Å². The van der Waals surface area contributed by atoms with Crippen LogP contribution in [0.1, 0.15) is 51.2 Å². The Hall–Kier alpha value is -5.08. The second-order valence-corrected chi connectivity index (χ2v) is 11.1. The maximum Gasteiger partial charge on any atom is 0.416 e. The Kier molecular flexibility index (Phi) is 9.17. The number of amides is 1. The van der Waals surface area contributed by atoms with Crippen LogP contribution in [0.2, 0.25) is 0 Å². The smallest absolute Gasteiger partial charge is 0.416 e. The molecular formula is C34H23F10NO4. The third-order valence-corrected chi connectivity index (χ3v) is 8.00. The molecule has 1 saturated heterocycles. The molecule has 0 bridgehead atoms. The molecule has 0 spiro atoms. The van der Waals surface area contributed by atoms with Crippen LogP contribution in [0.25, 0.3) is 22.3 Å². The number of methoxy groups -OCH3 is 1. The summed E-state index contributed by atoms with van der Waals surface area (Å²) >= 11 is 0. The third-order valence-electron chi connectivity index (χ3n) is 8.00. The predicted octanol–water partition coefficient (Wildman–Crippen LogP) is 10.1. The van der Waals surface area contributed by atoms with Gasteiger partial charge < -0.3 is 9.47 Å². The number of nitrogens with zero attached hydrogens (tertiary/aromatic N) is 1. The van der Waals surface area contributed by atoms with Gasteiger partial charge in [-0.3, -0.25) is 4.90 Å². The van der Waals surface area contributed by atoms with Gasteiger partial charge in [0.2, 0.25) is 0 Å². The summed E-state index contributed by atoms with van der Waals surface area (Å²) in [5.41, 5.74) is -4.30. The van der Waals surface area contributed by atoms with Gasteiger partial charge in [-0.15, -0.1) is 0 Å². The number of carbonyl (C=O) groups is 2. The number of esters is 1. The first-order valence-corrected chi connectivity index (χ1v) is 14.2. The summed E-state index contributed by atoms with van der Waals surface area (Å²) in [4.78, 5) is 25.7. The van der Waals surface area contributed by atoms with Gasteiger partial charge in [0.1, 0.15) is 11.9 Å².